The van der Waals surface area contributed by atoms with Crippen molar-refractivity contribution in [2.45, 2.75) is 36.4 Å². The third kappa shape index (κ3) is 5.53. The van der Waals surface area contributed by atoms with Gasteiger partial charge in [0.2, 0.25) is 10.0 Å². The van der Waals surface area contributed by atoms with Crippen LogP contribution in [0.25, 0.3) is 0 Å². The first-order chi connectivity index (χ1) is 9.69. The number of hydrogen-bond acceptors (Lipinski definition) is 4. The van der Waals surface area contributed by atoms with E-state index in [2.05, 4.69) is 5.32 Å². The zero-order valence-corrected chi connectivity index (χ0v) is 12.8. The van der Waals surface area contributed by atoms with Gasteiger partial charge < -0.3 is 5.32 Å². The molecule has 0 amide bonds. The topological polar surface area (TPSA) is 58.2 Å². The van der Waals surface area contributed by atoms with E-state index < -0.39 is 28.9 Å². The molecule has 4 nitrogen and oxygen atoms in total. The second kappa shape index (κ2) is 7.52. The lowest BCUT2D eigenvalue weighted by Crippen LogP contribution is -2.41. The first-order valence-corrected chi connectivity index (χ1v) is 8.49. The number of hydrogen-bond donors (Lipinski definition) is 2. The molecule has 0 aliphatic heterocycles. The van der Waals surface area contributed by atoms with Crippen molar-refractivity contribution in [1.29, 1.82) is 0 Å². The van der Waals surface area contributed by atoms with Crippen molar-refractivity contribution in [3.63, 3.8) is 0 Å². The molecule has 0 bridgehead atoms. The molecule has 2 N–H and O–H groups in total. The SMILES string of the molecule is CCCNCc1csc(S(=O)(=O)NCC(F)(F)C(F)F)c1. The van der Waals surface area contributed by atoms with Crippen LogP contribution < -0.4 is 10.0 Å². The average molecular weight is 348 g/mol. The minimum absolute atomic E-state index is 0.180. The summed E-state index contributed by atoms with van der Waals surface area (Å²) in [7, 11) is -4.21. The van der Waals surface area contributed by atoms with Crippen LogP contribution in [0.3, 0.4) is 0 Å². The fourth-order valence-electron chi connectivity index (χ4n) is 1.34. The van der Waals surface area contributed by atoms with Crippen LogP contribution >= 0.6 is 11.3 Å². The molecule has 0 saturated carbocycles. The number of sulfonamides is 1. The Morgan fingerprint density at radius 1 is 1.38 bits per heavy atom. The Morgan fingerprint density at radius 3 is 2.62 bits per heavy atom. The number of thiophene rings is 1. The fraction of sp³-hybridized carbons (Fsp3) is 0.636. The van der Waals surface area contributed by atoms with Crippen molar-refractivity contribution < 1.29 is 26.0 Å². The molecule has 0 saturated heterocycles. The molecule has 1 aromatic rings. The lowest BCUT2D eigenvalue weighted by Gasteiger charge is -2.15. The van der Waals surface area contributed by atoms with Crippen LogP contribution in [0.15, 0.2) is 15.7 Å². The molecular weight excluding hydrogens is 332 g/mol. The van der Waals surface area contributed by atoms with E-state index in [1.807, 2.05) is 6.92 Å². The summed E-state index contributed by atoms with van der Waals surface area (Å²) in [6, 6.07) is 1.33. The quantitative estimate of drug-likeness (QED) is 0.532. The van der Waals surface area contributed by atoms with E-state index in [4.69, 9.17) is 0 Å². The maximum atomic E-state index is 12.7. The molecule has 0 spiro atoms. The summed E-state index contributed by atoms with van der Waals surface area (Å²) in [6.45, 7) is 1.56. The second-order valence-electron chi connectivity index (χ2n) is 4.34. The highest BCUT2D eigenvalue weighted by atomic mass is 32.2. The number of nitrogens with one attached hydrogen (secondary N) is 2. The van der Waals surface area contributed by atoms with Crippen LogP contribution in [0, 0.1) is 0 Å². The Morgan fingerprint density at radius 2 is 2.05 bits per heavy atom. The van der Waals surface area contributed by atoms with Crippen molar-refractivity contribution in [2.75, 3.05) is 13.1 Å². The predicted molar refractivity (Wildman–Crippen MR) is 72.5 cm³/mol. The van der Waals surface area contributed by atoms with Crippen LogP contribution in [0.4, 0.5) is 17.6 Å². The van der Waals surface area contributed by atoms with Gasteiger partial charge in [0, 0.05) is 6.54 Å². The fourth-order valence-corrected chi connectivity index (χ4v) is 3.63. The van der Waals surface area contributed by atoms with Crippen molar-refractivity contribution in [1.82, 2.24) is 10.0 Å². The Labute approximate surface area is 124 Å². The Balaban J connectivity index is 2.66. The third-order valence-electron chi connectivity index (χ3n) is 2.47. The summed E-state index contributed by atoms with van der Waals surface area (Å²) in [5.74, 6) is -4.39. The third-order valence-corrected chi connectivity index (χ3v) is 5.36. The molecule has 0 atom stereocenters. The first kappa shape index (κ1) is 18.3. The van der Waals surface area contributed by atoms with Crippen LogP contribution in [0.2, 0.25) is 0 Å². The Hall–Kier alpha value is -0.710. The maximum absolute atomic E-state index is 12.7. The lowest BCUT2D eigenvalue weighted by atomic mass is 10.3. The van der Waals surface area contributed by atoms with Crippen LogP contribution in [-0.4, -0.2) is 33.9 Å². The molecule has 0 aliphatic carbocycles. The number of alkyl halides is 4. The normalized spacial score (nSPS) is 13.0. The van der Waals surface area contributed by atoms with E-state index in [1.54, 1.807) is 5.38 Å². The van der Waals surface area contributed by atoms with Crippen LogP contribution in [-0.2, 0) is 16.6 Å². The monoisotopic (exact) mass is 348 g/mol. The van der Waals surface area contributed by atoms with Gasteiger partial charge in [-0.3, -0.25) is 0 Å². The van der Waals surface area contributed by atoms with Gasteiger partial charge in [0.15, 0.2) is 0 Å². The van der Waals surface area contributed by atoms with Gasteiger partial charge in [-0.2, -0.15) is 8.78 Å². The van der Waals surface area contributed by atoms with Crippen molar-refractivity contribution in [3.8, 4) is 0 Å². The van der Waals surface area contributed by atoms with Gasteiger partial charge in [-0.15, -0.1) is 11.3 Å². The van der Waals surface area contributed by atoms with E-state index in [0.29, 0.717) is 12.1 Å². The highest BCUT2D eigenvalue weighted by molar-refractivity contribution is 7.91. The lowest BCUT2D eigenvalue weighted by molar-refractivity contribution is -0.122. The zero-order valence-electron chi connectivity index (χ0n) is 11.2. The van der Waals surface area contributed by atoms with Crippen molar-refractivity contribution in [3.05, 3.63) is 17.0 Å². The molecule has 0 aliphatic rings. The minimum Gasteiger partial charge on any atom is -0.313 e. The molecule has 10 heteroatoms. The molecule has 1 heterocycles. The summed E-state index contributed by atoms with van der Waals surface area (Å²) >= 11 is 0.851. The van der Waals surface area contributed by atoms with Gasteiger partial charge in [0.05, 0.1) is 6.54 Å². The highest BCUT2D eigenvalue weighted by Crippen LogP contribution is 2.24. The van der Waals surface area contributed by atoms with Gasteiger partial charge in [-0.25, -0.2) is 21.9 Å². The Kier molecular flexibility index (Phi) is 6.57. The summed E-state index contributed by atoms with van der Waals surface area (Å²) in [6.07, 6.45) is -3.00. The van der Waals surface area contributed by atoms with Gasteiger partial charge in [-0.1, -0.05) is 6.92 Å². The molecule has 0 unspecified atom stereocenters. The summed E-state index contributed by atoms with van der Waals surface area (Å²) in [4.78, 5) is 0. The Bertz CT molecular complexity index is 546. The molecule has 0 fully saturated rings. The van der Waals surface area contributed by atoms with E-state index in [-0.39, 0.29) is 4.21 Å². The van der Waals surface area contributed by atoms with Gasteiger partial charge in [-0.05, 0) is 30.0 Å². The van der Waals surface area contributed by atoms with Crippen LogP contribution in [0.1, 0.15) is 18.9 Å². The van der Waals surface area contributed by atoms with Crippen LogP contribution in [0.5, 0.6) is 0 Å². The average Bonchev–Trinajstić information content (AvgIpc) is 2.86. The summed E-state index contributed by atoms with van der Waals surface area (Å²) in [5, 5.41) is 4.63. The molecule has 0 radical (unpaired) electrons. The summed E-state index contributed by atoms with van der Waals surface area (Å²) < 4.78 is 74.2. The van der Waals surface area contributed by atoms with E-state index in [9.17, 15) is 26.0 Å². The molecule has 1 rings (SSSR count). The minimum atomic E-state index is -4.39. The van der Waals surface area contributed by atoms with Gasteiger partial charge in [0.1, 0.15) is 4.21 Å². The second-order valence-corrected chi connectivity index (χ2v) is 7.24. The van der Waals surface area contributed by atoms with Gasteiger partial charge >= 0.3 is 12.3 Å². The maximum Gasteiger partial charge on any atom is 0.320 e. The number of rotatable bonds is 9. The molecule has 21 heavy (non-hydrogen) atoms. The first-order valence-electron chi connectivity index (χ1n) is 6.13. The smallest absolute Gasteiger partial charge is 0.313 e. The van der Waals surface area contributed by atoms with Gasteiger partial charge in [0.25, 0.3) is 0 Å². The molecule has 0 aromatic carbocycles. The van der Waals surface area contributed by atoms with E-state index >= 15 is 0 Å². The van der Waals surface area contributed by atoms with Crippen molar-refractivity contribution in [2.24, 2.45) is 0 Å². The number of halogens is 4. The van der Waals surface area contributed by atoms with E-state index in [0.717, 1.165) is 24.3 Å². The van der Waals surface area contributed by atoms with Crippen molar-refractivity contribution >= 4 is 21.4 Å². The molecular formula is C11H16F4N2O2S2. The predicted octanol–water partition coefficient (Wildman–Crippen LogP) is 2.43. The highest BCUT2D eigenvalue weighted by Gasteiger charge is 2.41. The molecule has 122 valence electrons. The summed E-state index contributed by atoms with van der Waals surface area (Å²) in [5.41, 5.74) is 0.689. The largest absolute Gasteiger partial charge is 0.320 e. The van der Waals surface area contributed by atoms with E-state index in [1.165, 1.54) is 10.8 Å². The standard InChI is InChI=1S/C11H16F4N2O2S2/c1-2-3-16-5-8-4-9(20-6-8)21(18,19)17-7-11(14,15)10(12)13/h4,6,10,16-17H,2-3,5,7H2,1H3. The zero-order chi connectivity index (χ0) is 16.1. The molecule has 1 aromatic heterocycles.